The Morgan fingerprint density at radius 1 is 1.35 bits per heavy atom. The van der Waals surface area contributed by atoms with E-state index in [4.69, 9.17) is 23.2 Å². The van der Waals surface area contributed by atoms with Crippen molar-refractivity contribution in [1.82, 2.24) is 5.32 Å². The normalized spacial score (nSPS) is 14.2. The number of halogens is 3. The maximum Gasteiger partial charge on any atom is 0.254 e. The number of nitrogens with one attached hydrogen (secondary N) is 1. The lowest BCUT2D eigenvalue weighted by molar-refractivity contribution is 0.0939. The smallest absolute Gasteiger partial charge is 0.254 e. The molecular formula is C12H14BrCl2NO. The molecule has 2 nitrogen and oxygen atoms in total. The lowest BCUT2D eigenvalue weighted by Gasteiger charge is -2.16. The zero-order valence-corrected chi connectivity index (χ0v) is 12.7. The maximum absolute atomic E-state index is 12.0. The van der Waals surface area contributed by atoms with Gasteiger partial charge in [0, 0.05) is 10.9 Å². The number of benzene rings is 1. The van der Waals surface area contributed by atoms with Crippen molar-refractivity contribution in [2.75, 3.05) is 0 Å². The van der Waals surface area contributed by atoms with Crippen molar-refractivity contribution in [2.24, 2.45) is 0 Å². The van der Waals surface area contributed by atoms with E-state index in [1.165, 1.54) is 0 Å². The third kappa shape index (κ3) is 4.49. The molecule has 0 fully saturated rings. The minimum absolute atomic E-state index is 0.0595. The van der Waals surface area contributed by atoms with Gasteiger partial charge in [-0.3, -0.25) is 4.79 Å². The van der Waals surface area contributed by atoms with Gasteiger partial charge in [-0.15, -0.1) is 0 Å². The zero-order valence-electron chi connectivity index (χ0n) is 9.64. The Hall–Kier alpha value is -0.250. The fraction of sp³-hybridized carbons (Fsp3) is 0.417. The molecule has 2 unspecified atom stereocenters. The summed E-state index contributed by atoms with van der Waals surface area (Å²) in [5.41, 5.74) is 0.338. The molecule has 1 amide bonds. The lowest BCUT2D eigenvalue weighted by atomic mass is 10.1. The highest BCUT2D eigenvalue weighted by Crippen LogP contribution is 2.24. The first kappa shape index (κ1) is 14.8. The van der Waals surface area contributed by atoms with Gasteiger partial charge in [0.15, 0.2) is 0 Å². The minimum atomic E-state index is -0.235. The topological polar surface area (TPSA) is 29.1 Å². The summed E-state index contributed by atoms with van der Waals surface area (Å²) in [6.07, 6.45) is 0.841. The van der Waals surface area contributed by atoms with Gasteiger partial charge in [0.2, 0.25) is 0 Å². The van der Waals surface area contributed by atoms with Crippen molar-refractivity contribution in [3.05, 3.63) is 33.8 Å². The number of hydrogen-bond acceptors (Lipinski definition) is 1. The minimum Gasteiger partial charge on any atom is -0.349 e. The van der Waals surface area contributed by atoms with Crippen molar-refractivity contribution in [2.45, 2.75) is 31.1 Å². The van der Waals surface area contributed by atoms with Crippen LogP contribution in [0.1, 0.15) is 30.6 Å². The zero-order chi connectivity index (χ0) is 13.0. The van der Waals surface area contributed by atoms with E-state index in [0.29, 0.717) is 20.4 Å². The Labute approximate surface area is 120 Å². The fourth-order valence-corrected chi connectivity index (χ4v) is 2.69. The molecule has 0 radical (unpaired) electrons. The number of amides is 1. The van der Waals surface area contributed by atoms with Crippen molar-refractivity contribution in [3.63, 3.8) is 0 Å². The molecule has 94 valence electrons. The third-order valence-corrected chi connectivity index (χ3v) is 3.25. The SMILES string of the molecule is CC(Br)CC(C)NC(=O)c1c(Cl)cccc1Cl. The van der Waals surface area contributed by atoms with Gasteiger partial charge in [0.25, 0.3) is 5.91 Å². The van der Waals surface area contributed by atoms with Crippen LogP contribution in [0.4, 0.5) is 0 Å². The highest BCUT2D eigenvalue weighted by molar-refractivity contribution is 9.09. The van der Waals surface area contributed by atoms with Crippen LogP contribution in [0.2, 0.25) is 10.0 Å². The largest absolute Gasteiger partial charge is 0.349 e. The predicted molar refractivity (Wildman–Crippen MR) is 76.4 cm³/mol. The van der Waals surface area contributed by atoms with E-state index in [1.807, 2.05) is 13.8 Å². The molecule has 1 aromatic rings. The van der Waals surface area contributed by atoms with Crippen LogP contribution in [0.5, 0.6) is 0 Å². The molecule has 0 aliphatic heterocycles. The summed E-state index contributed by atoms with van der Waals surface area (Å²) in [4.78, 5) is 12.3. The lowest BCUT2D eigenvalue weighted by Crippen LogP contribution is -2.34. The van der Waals surface area contributed by atoms with E-state index in [1.54, 1.807) is 18.2 Å². The number of carbonyl (C=O) groups is 1. The standard InChI is InChI=1S/C12H14BrCl2NO/c1-7(13)6-8(2)16-12(17)11-9(14)4-3-5-10(11)15/h3-5,7-8H,6H2,1-2H3,(H,16,17). The number of alkyl halides is 1. The summed E-state index contributed by atoms with van der Waals surface area (Å²) in [6, 6.07) is 5.08. The molecule has 1 aromatic carbocycles. The molecule has 5 heteroatoms. The van der Waals surface area contributed by atoms with Crippen LogP contribution in [-0.4, -0.2) is 16.8 Å². The molecule has 0 saturated heterocycles. The number of hydrogen-bond donors (Lipinski definition) is 1. The first-order valence-corrected chi connectivity index (χ1v) is 6.98. The molecule has 17 heavy (non-hydrogen) atoms. The number of carbonyl (C=O) groups excluding carboxylic acids is 1. The van der Waals surface area contributed by atoms with Gasteiger partial charge in [-0.2, -0.15) is 0 Å². The molecule has 2 atom stereocenters. The molecule has 0 saturated carbocycles. The molecular weight excluding hydrogens is 325 g/mol. The molecule has 1 N–H and O–H groups in total. The maximum atomic E-state index is 12.0. The van der Waals surface area contributed by atoms with Crippen LogP contribution in [0, 0.1) is 0 Å². The monoisotopic (exact) mass is 337 g/mol. The van der Waals surface area contributed by atoms with Crippen LogP contribution in [0.25, 0.3) is 0 Å². The van der Waals surface area contributed by atoms with Crippen molar-refractivity contribution in [1.29, 1.82) is 0 Å². The summed E-state index contributed by atoms with van der Waals surface area (Å²) in [5, 5.41) is 3.61. The van der Waals surface area contributed by atoms with Crippen molar-refractivity contribution in [3.8, 4) is 0 Å². The van der Waals surface area contributed by atoms with Crippen LogP contribution >= 0.6 is 39.1 Å². The molecule has 0 aliphatic carbocycles. The van der Waals surface area contributed by atoms with Crippen LogP contribution < -0.4 is 5.32 Å². The Morgan fingerprint density at radius 2 is 1.88 bits per heavy atom. The van der Waals surface area contributed by atoms with E-state index >= 15 is 0 Å². The first-order chi connectivity index (χ1) is 7.91. The quantitative estimate of drug-likeness (QED) is 0.815. The van der Waals surface area contributed by atoms with E-state index in [9.17, 15) is 4.79 Å². The molecule has 0 spiro atoms. The summed E-state index contributed by atoms with van der Waals surface area (Å²) >= 11 is 15.4. The Kier molecular flexibility index (Phi) is 5.77. The molecule has 1 rings (SSSR count). The average Bonchev–Trinajstić information content (AvgIpc) is 2.15. The van der Waals surface area contributed by atoms with Gasteiger partial charge < -0.3 is 5.32 Å². The highest BCUT2D eigenvalue weighted by Gasteiger charge is 2.16. The van der Waals surface area contributed by atoms with Crippen LogP contribution in [0.15, 0.2) is 18.2 Å². The van der Waals surface area contributed by atoms with Crippen molar-refractivity contribution < 1.29 is 4.79 Å². The molecule has 0 bridgehead atoms. The van der Waals surface area contributed by atoms with Gasteiger partial charge in [-0.1, -0.05) is 52.1 Å². The molecule has 0 heterocycles. The van der Waals surface area contributed by atoms with E-state index in [-0.39, 0.29) is 11.9 Å². The summed E-state index contributed by atoms with van der Waals surface area (Å²) < 4.78 is 0. The Balaban J connectivity index is 2.77. The van der Waals surface area contributed by atoms with Gasteiger partial charge in [-0.25, -0.2) is 0 Å². The van der Waals surface area contributed by atoms with Gasteiger partial charge in [0.1, 0.15) is 0 Å². The third-order valence-electron chi connectivity index (χ3n) is 2.25. The second kappa shape index (κ2) is 6.62. The predicted octanol–water partition coefficient (Wildman–Crippen LogP) is 4.29. The summed E-state index contributed by atoms with van der Waals surface area (Å²) in [5.74, 6) is -0.235. The fourth-order valence-electron chi connectivity index (χ4n) is 1.56. The molecule has 0 aromatic heterocycles. The van der Waals surface area contributed by atoms with Gasteiger partial charge in [-0.05, 0) is 25.5 Å². The average molecular weight is 339 g/mol. The second-order valence-electron chi connectivity index (χ2n) is 3.99. The first-order valence-electron chi connectivity index (χ1n) is 5.30. The highest BCUT2D eigenvalue weighted by atomic mass is 79.9. The summed E-state index contributed by atoms with van der Waals surface area (Å²) in [7, 11) is 0. The second-order valence-corrected chi connectivity index (χ2v) is 6.37. The Morgan fingerprint density at radius 3 is 2.35 bits per heavy atom. The van der Waals surface area contributed by atoms with E-state index < -0.39 is 0 Å². The summed E-state index contributed by atoms with van der Waals surface area (Å²) in [6.45, 7) is 3.98. The van der Waals surface area contributed by atoms with Gasteiger partial charge in [0.05, 0.1) is 15.6 Å². The van der Waals surface area contributed by atoms with E-state index in [2.05, 4.69) is 21.2 Å². The van der Waals surface area contributed by atoms with E-state index in [0.717, 1.165) is 6.42 Å². The Bertz CT molecular complexity index is 389. The number of rotatable bonds is 4. The van der Waals surface area contributed by atoms with Crippen molar-refractivity contribution >= 4 is 45.0 Å². The molecule has 0 aliphatic rings. The van der Waals surface area contributed by atoms with Crippen LogP contribution in [0.3, 0.4) is 0 Å². The van der Waals surface area contributed by atoms with Crippen LogP contribution in [-0.2, 0) is 0 Å². The van der Waals surface area contributed by atoms with Gasteiger partial charge >= 0.3 is 0 Å².